The zero-order chi connectivity index (χ0) is 15.4. The lowest BCUT2D eigenvalue weighted by Gasteiger charge is -2.21. The third kappa shape index (κ3) is 4.21. The van der Waals surface area contributed by atoms with E-state index in [1.54, 1.807) is 0 Å². The van der Waals surface area contributed by atoms with Gasteiger partial charge in [0.05, 0.1) is 12.1 Å². The minimum atomic E-state index is -0.446. The van der Waals surface area contributed by atoms with Gasteiger partial charge in [0.15, 0.2) is 0 Å². The van der Waals surface area contributed by atoms with Gasteiger partial charge in [-0.25, -0.2) is 0 Å². The first-order valence-corrected chi connectivity index (χ1v) is 7.57. The van der Waals surface area contributed by atoms with Crippen molar-refractivity contribution in [3.8, 4) is 0 Å². The van der Waals surface area contributed by atoms with E-state index in [1.165, 1.54) is 10.8 Å². The Morgan fingerprint density at radius 3 is 2.41 bits per heavy atom. The van der Waals surface area contributed by atoms with E-state index >= 15 is 0 Å². The Morgan fingerprint density at radius 1 is 1.14 bits per heavy atom. The second-order valence-corrected chi connectivity index (χ2v) is 5.75. The lowest BCUT2D eigenvalue weighted by atomic mass is 9.98. The van der Waals surface area contributed by atoms with E-state index in [9.17, 15) is 4.79 Å². The lowest BCUT2D eigenvalue weighted by Crippen LogP contribution is -2.45. The number of fused-ring (bicyclic) bond motifs is 1. The smallest absolute Gasteiger partial charge is 0.237 e. The molecule has 2 aromatic rings. The summed E-state index contributed by atoms with van der Waals surface area (Å²) in [5.41, 5.74) is 7.07. The molecule has 3 N–H and O–H groups in total. The molecule has 0 spiro atoms. The predicted molar refractivity (Wildman–Crippen MR) is 95.2 cm³/mol. The molecule has 4 heteroatoms. The minimum absolute atomic E-state index is 0. The molecular formula is C18H25ClN2O. The van der Waals surface area contributed by atoms with Crippen molar-refractivity contribution in [1.29, 1.82) is 0 Å². The molecule has 3 unspecified atom stereocenters. The first-order valence-electron chi connectivity index (χ1n) is 7.57. The molecule has 2 rings (SSSR count). The van der Waals surface area contributed by atoms with Crippen molar-refractivity contribution in [2.75, 3.05) is 0 Å². The van der Waals surface area contributed by atoms with E-state index in [2.05, 4.69) is 35.6 Å². The molecule has 0 bridgehead atoms. The number of halogens is 1. The minimum Gasteiger partial charge on any atom is -0.348 e. The van der Waals surface area contributed by atoms with Gasteiger partial charge < -0.3 is 11.1 Å². The molecule has 1 amide bonds. The predicted octanol–water partition coefficient (Wildman–Crippen LogP) is 3.81. The molecule has 0 radical (unpaired) electrons. The number of carbonyl (C=O) groups is 1. The van der Waals surface area contributed by atoms with Crippen LogP contribution in [-0.4, -0.2) is 11.9 Å². The number of nitrogens with one attached hydrogen (secondary N) is 1. The quantitative estimate of drug-likeness (QED) is 0.880. The van der Waals surface area contributed by atoms with Gasteiger partial charge in [-0.15, -0.1) is 12.4 Å². The number of carbonyl (C=O) groups excluding carboxylic acids is 1. The average Bonchev–Trinajstić information content (AvgIpc) is 2.52. The van der Waals surface area contributed by atoms with Crippen LogP contribution in [0, 0.1) is 5.92 Å². The highest BCUT2D eigenvalue weighted by molar-refractivity contribution is 5.85. The molecule has 3 nitrogen and oxygen atoms in total. The zero-order valence-corrected chi connectivity index (χ0v) is 14.2. The van der Waals surface area contributed by atoms with E-state index in [1.807, 2.05) is 32.9 Å². The molecule has 22 heavy (non-hydrogen) atoms. The van der Waals surface area contributed by atoms with Crippen molar-refractivity contribution in [1.82, 2.24) is 5.32 Å². The fourth-order valence-corrected chi connectivity index (χ4v) is 2.38. The zero-order valence-electron chi connectivity index (χ0n) is 13.4. The molecule has 0 aliphatic carbocycles. The van der Waals surface area contributed by atoms with Gasteiger partial charge in [-0.3, -0.25) is 4.79 Å². The summed E-state index contributed by atoms with van der Waals surface area (Å²) in [5, 5.41) is 5.40. The van der Waals surface area contributed by atoms with Crippen LogP contribution < -0.4 is 11.1 Å². The van der Waals surface area contributed by atoms with Crippen LogP contribution in [0.4, 0.5) is 0 Å². The summed E-state index contributed by atoms with van der Waals surface area (Å²) in [5.74, 6) is 0.110. The number of nitrogens with two attached hydrogens (primary N) is 1. The summed E-state index contributed by atoms with van der Waals surface area (Å²) in [4.78, 5) is 12.2. The highest BCUT2D eigenvalue weighted by Crippen LogP contribution is 2.20. The Hall–Kier alpha value is -1.58. The van der Waals surface area contributed by atoms with Crippen molar-refractivity contribution in [3.05, 3.63) is 48.0 Å². The molecule has 0 aliphatic heterocycles. The van der Waals surface area contributed by atoms with E-state index in [0.717, 1.165) is 12.0 Å². The summed E-state index contributed by atoms with van der Waals surface area (Å²) < 4.78 is 0. The van der Waals surface area contributed by atoms with Gasteiger partial charge in [-0.1, -0.05) is 56.7 Å². The molecule has 120 valence electrons. The average molecular weight is 321 g/mol. The summed E-state index contributed by atoms with van der Waals surface area (Å²) in [6.45, 7) is 6.04. The van der Waals surface area contributed by atoms with Crippen LogP contribution >= 0.6 is 12.4 Å². The lowest BCUT2D eigenvalue weighted by molar-refractivity contribution is -0.124. The van der Waals surface area contributed by atoms with Gasteiger partial charge in [0.25, 0.3) is 0 Å². The second kappa shape index (κ2) is 8.16. The largest absolute Gasteiger partial charge is 0.348 e. The SMILES string of the molecule is CCC(C)C(N)C(=O)NC(C)c1ccc2ccccc2c1.Cl. The maximum absolute atomic E-state index is 12.2. The summed E-state index contributed by atoms with van der Waals surface area (Å²) >= 11 is 0. The van der Waals surface area contributed by atoms with E-state index in [4.69, 9.17) is 5.73 Å². The van der Waals surface area contributed by atoms with Crippen molar-refractivity contribution in [2.45, 2.75) is 39.3 Å². The molecule has 0 aliphatic rings. The number of amides is 1. The van der Waals surface area contributed by atoms with Crippen molar-refractivity contribution < 1.29 is 4.79 Å². The summed E-state index contributed by atoms with van der Waals surface area (Å²) in [7, 11) is 0. The van der Waals surface area contributed by atoms with Gasteiger partial charge in [0.1, 0.15) is 0 Å². The van der Waals surface area contributed by atoms with Gasteiger partial charge >= 0.3 is 0 Å². The fourth-order valence-electron chi connectivity index (χ4n) is 2.38. The maximum atomic E-state index is 12.2. The number of hydrogen-bond acceptors (Lipinski definition) is 2. The Kier molecular flexibility index (Phi) is 6.85. The molecular weight excluding hydrogens is 296 g/mol. The number of rotatable bonds is 5. The summed E-state index contributed by atoms with van der Waals surface area (Å²) in [6, 6.07) is 14.0. The molecule has 3 atom stereocenters. The molecule has 0 aromatic heterocycles. The first kappa shape index (κ1) is 18.5. The Bertz CT molecular complexity index is 629. The van der Waals surface area contributed by atoms with E-state index in [-0.39, 0.29) is 30.3 Å². The van der Waals surface area contributed by atoms with Crippen molar-refractivity contribution in [3.63, 3.8) is 0 Å². The van der Waals surface area contributed by atoms with Gasteiger partial charge in [-0.05, 0) is 35.2 Å². The molecule has 0 fully saturated rings. The van der Waals surface area contributed by atoms with E-state index in [0.29, 0.717) is 0 Å². The molecule has 2 aromatic carbocycles. The highest BCUT2D eigenvalue weighted by Gasteiger charge is 2.21. The van der Waals surface area contributed by atoms with Gasteiger partial charge in [0, 0.05) is 0 Å². The third-order valence-corrected chi connectivity index (χ3v) is 4.19. The van der Waals surface area contributed by atoms with Crippen molar-refractivity contribution >= 4 is 29.1 Å². The first-order chi connectivity index (χ1) is 10.0. The van der Waals surface area contributed by atoms with Crippen molar-refractivity contribution in [2.24, 2.45) is 11.7 Å². The standard InChI is InChI=1S/C18H24N2O.ClH/c1-4-12(2)17(19)18(21)20-13(3)15-10-9-14-7-5-6-8-16(14)11-15;/h5-13,17H,4,19H2,1-3H3,(H,20,21);1H. The monoisotopic (exact) mass is 320 g/mol. The van der Waals surface area contributed by atoms with Crippen LogP contribution in [0.3, 0.4) is 0 Å². The number of hydrogen-bond donors (Lipinski definition) is 2. The Labute approximate surface area is 138 Å². The summed E-state index contributed by atoms with van der Waals surface area (Å²) in [6.07, 6.45) is 0.902. The highest BCUT2D eigenvalue weighted by atomic mass is 35.5. The topological polar surface area (TPSA) is 55.1 Å². The maximum Gasteiger partial charge on any atom is 0.237 e. The molecule has 0 saturated carbocycles. The molecule has 0 saturated heterocycles. The van der Waals surface area contributed by atoms with Crippen LogP contribution in [0.1, 0.15) is 38.8 Å². The third-order valence-electron chi connectivity index (χ3n) is 4.19. The fraction of sp³-hybridized carbons (Fsp3) is 0.389. The van der Waals surface area contributed by atoms with E-state index < -0.39 is 6.04 Å². The van der Waals surface area contributed by atoms with Gasteiger partial charge in [0.2, 0.25) is 5.91 Å². The normalized spacial score (nSPS) is 14.7. The molecule has 0 heterocycles. The van der Waals surface area contributed by atoms with Crippen LogP contribution in [0.2, 0.25) is 0 Å². The number of benzene rings is 2. The van der Waals surface area contributed by atoms with Crippen LogP contribution in [0.25, 0.3) is 10.8 Å². The Morgan fingerprint density at radius 2 is 1.77 bits per heavy atom. The second-order valence-electron chi connectivity index (χ2n) is 5.75. The Balaban J connectivity index is 0.00000242. The van der Waals surface area contributed by atoms with Crippen LogP contribution in [0.15, 0.2) is 42.5 Å². The van der Waals surface area contributed by atoms with Crippen LogP contribution in [-0.2, 0) is 4.79 Å². The van der Waals surface area contributed by atoms with Crippen LogP contribution in [0.5, 0.6) is 0 Å². The van der Waals surface area contributed by atoms with Gasteiger partial charge in [-0.2, -0.15) is 0 Å².